The van der Waals surface area contributed by atoms with Crippen molar-refractivity contribution in [3.63, 3.8) is 0 Å². The first-order valence-electron chi connectivity index (χ1n) is 6.01. The molecule has 6 heteroatoms. The van der Waals surface area contributed by atoms with Gasteiger partial charge in [-0.25, -0.2) is 4.98 Å². The lowest BCUT2D eigenvalue weighted by molar-refractivity contribution is -0.118. The summed E-state index contributed by atoms with van der Waals surface area (Å²) in [4.78, 5) is 20.4. The SMILES string of the molecule is CC(C)C(N)C(=O)Nc1nc(-c2ccccn2)cs1. The molecular formula is C13H16N4OS. The maximum Gasteiger partial charge on any atom is 0.243 e. The molecule has 2 aromatic rings. The molecule has 3 N–H and O–H groups in total. The molecule has 1 unspecified atom stereocenters. The van der Waals surface area contributed by atoms with Crippen LogP contribution < -0.4 is 11.1 Å². The average molecular weight is 276 g/mol. The molecule has 0 radical (unpaired) electrons. The molecule has 0 aliphatic heterocycles. The predicted octanol–water partition coefficient (Wildman–Crippen LogP) is 2.13. The van der Waals surface area contributed by atoms with Gasteiger partial charge in [0.25, 0.3) is 0 Å². The van der Waals surface area contributed by atoms with Crippen molar-refractivity contribution in [2.45, 2.75) is 19.9 Å². The highest BCUT2D eigenvalue weighted by Crippen LogP contribution is 2.23. The quantitative estimate of drug-likeness (QED) is 0.896. The largest absolute Gasteiger partial charge is 0.320 e. The maximum atomic E-state index is 11.8. The van der Waals surface area contributed by atoms with E-state index in [1.54, 1.807) is 6.20 Å². The van der Waals surface area contributed by atoms with Crippen molar-refractivity contribution < 1.29 is 4.79 Å². The molecule has 0 saturated heterocycles. The Kier molecular flexibility index (Phi) is 4.24. The zero-order valence-corrected chi connectivity index (χ0v) is 11.6. The average Bonchev–Trinajstić information content (AvgIpc) is 2.87. The molecule has 19 heavy (non-hydrogen) atoms. The Balaban J connectivity index is 2.08. The number of nitrogens with two attached hydrogens (primary N) is 1. The van der Waals surface area contributed by atoms with Crippen LogP contribution in [0, 0.1) is 5.92 Å². The number of hydrogen-bond donors (Lipinski definition) is 2. The molecule has 1 atom stereocenters. The van der Waals surface area contributed by atoms with Crippen LogP contribution in [0.1, 0.15) is 13.8 Å². The summed E-state index contributed by atoms with van der Waals surface area (Å²) in [5.74, 6) is -0.118. The summed E-state index contributed by atoms with van der Waals surface area (Å²) in [5, 5.41) is 5.13. The lowest BCUT2D eigenvalue weighted by Crippen LogP contribution is -2.39. The molecule has 2 rings (SSSR count). The monoisotopic (exact) mass is 276 g/mol. The Labute approximate surface area is 115 Å². The summed E-state index contributed by atoms with van der Waals surface area (Å²) in [7, 11) is 0. The van der Waals surface area contributed by atoms with E-state index in [0.29, 0.717) is 5.13 Å². The summed E-state index contributed by atoms with van der Waals surface area (Å²) in [5.41, 5.74) is 7.31. The standard InChI is InChI=1S/C13H16N4OS/c1-8(2)11(14)12(18)17-13-16-10(7-19-13)9-5-3-4-6-15-9/h3-8,11H,14H2,1-2H3,(H,16,17,18). The number of thiazole rings is 1. The van der Waals surface area contributed by atoms with Gasteiger partial charge in [-0.1, -0.05) is 19.9 Å². The van der Waals surface area contributed by atoms with E-state index in [0.717, 1.165) is 11.4 Å². The first kappa shape index (κ1) is 13.6. The lowest BCUT2D eigenvalue weighted by Gasteiger charge is -2.13. The number of carbonyl (C=O) groups excluding carboxylic acids is 1. The third kappa shape index (κ3) is 3.36. The fourth-order valence-electron chi connectivity index (χ4n) is 1.45. The van der Waals surface area contributed by atoms with Gasteiger partial charge < -0.3 is 11.1 Å². The molecule has 0 aliphatic carbocycles. The highest BCUT2D eigenvalue weighted by molar-refractivity contribution is 7.14. The normalized spacial score (nSPS) is 12.4. The van der Waals surface area contributed by atoms with Crippen LogP contribution in [0.4, 0.5) is 5.13 Å². The molecule has 0 fully saturated rings. The Bertz CT molecular complexity index is 553. The molecular weight excluding hydrogens is 260 g/mol. The van der Waals surface area contributed by atoms with E-state index >= 15 is 0 Å². The van der Waals surface area contributed by atoms with Crippen molar-refractivity contribution in [2.24, 2.45) is 11.7 Å². The first-order valence-corrected chi connectivity index (χ1v) is 6.89. The van der Waals surface area contributed by atoms with E-state index in [2.05, 4.69) is 15.3 Å². The minimum atomic E-state index is -0.526. The fraction of sp³-hybridized carbons (Fsp3) is 0.308. The Morgan fingerprint density at radius 3 is 2.79 bits per heavy atom. The van der Waals surface area contributed by atoms with Gasteiger partial charge in [-0.05, 0) is 18.1 Å². The van der Waals surface area contributed by atoms with Gasteiger partial charge in [-0.15, -0.1) is 11.3 Å². The van der Waals surface area contributed by atoms with Crippen molar-refractivity contribution in [3.05, 3.63) is 29.8 Å². The predicted molar refractivity (Wildman–Crippen MR) is 76.8 cm³/mol. The molecule has 0 saturated carbocycles. The number of amides is 1. The van der Waals surface area contributed by atoms with Crippen molar-refractivity contribution in [1.82, 2.24) is 9.97 Å². The molecule has 1 amide bonds. The van der Waals surface area contributed by atoms with Crippen LogP contribution >= 0.6 is 11.3 Å². The van der Waals surface area contributed by atoms with Gasteiger partial charge in [0, 0.05) is 11.6 Å². The lowest BCUT2D eigenvalue weighted by atomic mass is 10.1. The van der Waals surface area contributed by atoms with Gasteiger partial charge in [-0.3, -0.25) is 9.78 Å². The number of rotatable bonds is 4. The van der Waals surface area contributed by atoms with E-state index in [4.69, 9.17) is 5.73 Å². The number of nitrogens with one attached hydrogen (secondary N) is 1. The highest BCUT2D eigenvalue weighted by Gasteiger charge is 2.18. The highest BCUT2D eigenvalue weighted by atomic mass is 32.1. The van der Waals surface area contributed by atoms with Crippen LogP contribution in [-0.4, -0.2) is 21.9 Å². The van der Waals surface area contributed by atoms with Crippen LogP contribution in [0.3, 0.4) is 0 Å². The summed E-state index contributed by atoms with van der Waals surface area (Å²) < 4.78 is 0. The zero-order chi connectivity index (χ0) is 13.8. The maximum absolute atomic E-state index is 11.8. The number of nitrogens with zero attached hydrogens (tertiary/aromatic N) is 2. The van der Waals surface area contributed by atoms with Gasteiger partial charge in [0.15, 0.2) is 5.13 Å². The summed E-state index contributed by atoms with van der Waals surface area (Å²) in [6.07, 6.45) is 1.71. The molecule has 2 aromatic heterocycles. The van der Waals surface area contributed by atoms with E-state index in [-0.39, 0.29) is 11.8 Å². The second-order valence-electron chi connectivity index (χ2n) is 4.51. The minimum absolute atomic E-state index is 0.0928. The number of aromatic nitrogens is 2. The Hall–Kier alpha value is -1.79. The minimum Gasteiger partial charge on any atom is -0.320 e. The van der Waals surface area contributed by atoms with Crippen LogP contribution in [0.2, 0.25) is 0 Å². The molecule has 0 aliphatic rings. The van der Waals surface area contributed by atoms with E-state index in [1.807, 2.05) is 37.4 Å². The molecule has 0 aromatic carbocycles. The van der Waals surface area contributed by atoms with E-state index in [9.17, 15) is 4.79 Å². The van der Waals surface area contributed by atoms with Gasteiger partial charge in [0.2, 0.25) is 5.91 Å². The molecule has 0 spiro atoms. The Morgan fingerprint density at radius 2 is 2.16 bits per heavy atom. The van der Waals surface area contributed by atoms with Crippen LogP contribution in [0.25, 0.3) is 11.4 Å². The second-order valence-corrected chi connectivity index (χ2v) is 5.37. The molecule has 100 valence electrons. The van der Waals surface area contributed by atoms with Crippen LogP contribution in [0.15, 0.2) is 29.8 Å². The van der Waals surface area contributed by atoms with Gasteiger partial charge >= 0.3 is 0 Å². The molecule has 0 bridgehead atoms. The summed E-state index contributed by atoms with van der Waals surface area (Å²) >= 11 is 1.36. The summed E-state index contributed by atoms with van der Waals surface area (Å²) in [6.45, 7) is 3.82. The van der Waals surface area contributed by atoms with Crippen molar-refractivity contribution >= 4 is 22.4 Å². The third-order valence-electron chi connectivity index (χ3n) is 2.68. The first-order chi connectivity index (χ1) is 9.08. The topological polar surface area (TPSA) is 80.9 Å². The third-order valence-corrected chi connectivity index (χ3v) is 3.44. The molecule has 2 heterocycles. The number of hydrogen-bond acceptors (Lipinski definition) is 5. The smallest absolute Gasteiger partial charge is 0.243 e. The van der Waals surface area contributed by atoms with Crippen molar-refractivity contribution in [2.75, 3.05) is 5.32 Å². The second kappa shape index (κ2) is 5.90. The number of carbonyl (C=O) groups is 1. The van der Waals surface area contributed by atoms with Gasteiger partial charge in [0.05, 0.1) is 11.7 Å². The van der Waals surface area contributed by atoms with Gasteiger partial charge in [-0.2, -0.15) is 0 Å². The van der Waals surface area contributed by atoms with E-state index in [1.165, 1.54) is 11.3 Å². The van der Waals surface area contributed by atoms with Crippen molar-refractivity contribution in [1.29, 1.82) is 0 Å². The molecule has 5 nitrogen and oxygen atoms in total. The van der Waals surface area contributed by atoms with Gasteiger partial charge in [0.1, 0.15) is 5.69 Å². The van der Waals surface area contributed by atoms with Crippen LogP contribution in [-0.2, 0) is 4.79 Å². The zero-order valence-electron chi connectivity index (χ0n) is 10.8. The summed E-state index contributed by atoms with van der Waals surface area (Å²) in [6, 6.07) is 5.09. The Morgan fingerprint density at radius 1 is 1.37 bits per heavy atom. The number of anilines is 1. The van der Waals surface area contributed by atoms with Crippen LogP contribution in [0.5, 0.6) is 0 Å². The van der Waals surface area contributed by atoms with E-state index < -0.39 is 6.04 Å². The fourth-order valence-corrected chi connectivity index (χ4v) is 2.16. The van der Waals surface area contributed by atoms with Crippen molar-refractivity contribution in [3.8, 4) is 11.4 Å². The number of pyridine rings is 1.